The lowest BCUT2D eigenvalue weighted by atomic mass is 9.81. The van der Waals surface area contributed by atoms with Crippen molar-refractivity contribution in [3.05, 3.63) is 34.9 Å². The Labute approximate surface area is 170 Å². The first-order valence-corrected chi connectivity index (χ1v) is 10.8. The second-order valence-electron chi connectivity index (χ2n) is 8.93. The third kappa shape index (κ3) is 3.57. The minimum absolute atomic E-state index is 0.100. The van der Waals surface area contributed by atoms with Crippen LogP contribution in [-0.2, 0) is 22.7 Å². The number of carbonyl (C=O) groups is 3. The number of carbonyl (C=O) groups excluding carboxylic acids is 3. The van der Waals surface area contributed by atoms with Crippen molar-refractivity contribution in [2.75, 3.05) is 26.2 Å². The number of nitrogens with one attached hydrogen (secondary N) is 2. The van der Waals surface area contributed by atoms with Gasteiger partial charge in [0.05, 0.1) is 0 Å². The largest absolute Gasteiger partial charge is 0.322 e. The van der Waals surface area contributed by atoms with Crippen molar-refractivity contribution in [1.29, 1.82) is 0 Å². The van der Waals surface area contributed by atoms with Gasteiger partial charge in [-0.1, -0.05) is 12.1 Å². The Morgan fingerprint density at radius 1 is 1.07 bits per heavy atom. The number of piperidine rings is 3. The molecule has 29 heavy (non-hydrogen) atoms. The van der Waals surface area contributed by atoms with Gasteiger partial charge in [0.25, 0.3) is 5.91 Å². The second-order valence-corrected chi connectivity index (χ2v) is 8.93. The molecule has 3 fully saturated rings. The SMILES string of the molecule is O=C1CCC(N2Cc3cc(CN4CC[C@@H]5CNCC[C@@H]5C4)ccc3C2=O)C(=O)N1. The van der Waals surface area contributed by atoms with Crippen LogP contribution in [0.25, 0.3) is 0 Å². The third-order valence-corrected chi connectivity index (χ3v) is 7.07. The number of amides is 3. The molecule has 3 atom stereocenters. The molecule has 1 aromatic rings. The van der Waals surface area contributed by atoms with Crippen LogP contribution in [-0.4, -0.2) is 59.7 Å². The van der Waals surface area contributed by atoms with E-state index in [0.717, 1.165) is 50.1 Å². The highest BCUT2D eigenvalue weighted by Crippen LogP contribution is 2.31. The molecule has 3 saturated heterocycles. The summed E-state index contributed by atoms with van der Waals surface area (Å²) in [6.45, 7) is 5.94. The highest BCUT2D eigenvalue weighted by Gasteiger charge is 2.39. The Balaban J connectivity index is 1.26. The smallest absolute Gasteiger partial charge is 0.255 e. The predicted molar refractivity (Wildman–Crippen MR) is 107 cm³/mol. The lowest BCUT2D eigenvalue weighted by Gasteiger charge is -2.41. The molecule has 5 rings (SSSR count). The van der Waals surface area contributed by atoms with E-state index in [0.29, 0.717) is 18.5 Å². The van der Waals surface area contributed by atoms with Gasteiger partial charge in [-0.15, -0.1) is 0 Å². The summed E-state index contributed by atoms with van der Waals surface area (Å²) in [6, 6.07) is 5.55. The lowest BCUT2D eigenvalue weighted by Crippen LogP contribution is -2.52. The number of fused-ring (bicyclic) bond motifs is 2. The first-order chi connectivity index (χ1) is 14.1. The van der Waals surface area contributed by atoms with Gasteiger partial charge in [0, 0.05) is 31.6 Å². The Morgan fingerprint density at radius 2 is 1.97 bits per heavy atom. The fraction of sp³-hybridized carbons (Fsp3) is 0.591. The zero-order chi connectivity index (χ0) is 20.0. The van der Waals surface area contributed by atoms with E-state index in [1.807, 2.05) is 6.07 Å². The zero-order valence-electron chi connectivity index (χ0n) is 16.7. The van der Waals surface area contributed by atoms with Gasteiger partial charge in [-0.2, -0.15) is 0 Å². The quantitative estimate of drug-likeness (QED) is 0.742. The molecule has 3 amide bonds. The van der Waals surface area contributed by atoms with E-state index in [1.54, 1.807) is 4.90 Å². The average Bonchev–Trinajstić information content (AvgIpc) is 3.04. The van der Waals surface area contributed by atoms with Crippen LogP contribution in [0.3, 0.4) is 0 Å². The van der Waals surface area contributed by atoms with Crippen LogP contribution in [0.1, 0.15) is 47.2 Å². The molecule has 0 aromatic heterocycles. The fourth-order valence-corrected chi connectivity index (χ4v) is 5.45. The van der Waals surface area contributed by atoms with Crippen LogP contribution in [0.15, 0.2) is 18.2 Å². The number of imide groups is 1. The number of nitrogens with zero attached hydrogens (tertiary/aromatic N) is 2. The Bertz CT molecular complexity index is 854. The van der Waals surface area contributed by atoms with Gasteiger partial charge in [-0.25, -0.2) is 0 Å². The molecule has 0 radical (unpaired) electrons. The minimum Gasteiger partial charge on any atom is -0.322 e. The molecule has 1 unspecified atom stereocenters. The standard InChI is InChI=1S/C22H28N4O3/c27-20-4-3-19(21(28)24-20)26-13-17-9-14(1-2-18(17)22(26)29)11-25-8-6-15-10-23-7-5-16(15)12-25/h1-2,9,15-16,19,23H,3-8,10-13H2,(H,24,27,28)/t15-,16-,19?/m1/s1. The van der Waals surface area contributed by atoms with Crippen molar-refractivity contribution in [2.45, 2.75) is 44.8 Å². The minimum atomic E-state index is -0.546. The first-order valence-electron chi connectivity index (χ1n) is 10.8. The summed E-state index contributed by atoms with van der Waals surface area (Å²) in [6.07, 6.45) is 3.21. The van der Waals surface area contributed by atoms with E-state index >= 15 is 0 Å². The van der Waals surface area contributed by atoms with Gasteiger partial charge in [-0.3, -0.25) is 24.6 Å². The zero-order valence-corrected chi connectivity index (χ0v) is 16.7. The van der Waals surface area contributed by atoms with Crippen LogP contribution in [0.2, 0.25) is 0 Å². The summed E-state index contributed by atoms with van der Waals surface area (Å²) in [7, 11) is 0. The molecular formula is C22H28N4O3. The molecule has 4 aliphatic rings. The predicted octanol–water partition coefficient (Wildman–Crippen LogP) is 0.879. The molecule has 4 aliphatic heterocycles. The van der Waals surface area contributed by atoms with Gasteiger partial charge >= 0.3 is 0 Å². The van der Waals surface area contributed by atoms with Crippen LogP contribution in [0.4, 0.5) is 0 Å². The maximum absolute atomic E-state index is 12.8. The van der Waals surface area contributed by atoms with Gasteiger partial charge < -0.3 is 10.2 Å². The molecule has 0 spiro atoms. The van der Waals surface area contributed by atoms with Crippen molar-refractivity contribution in [3.63, 3.8) is 0 Å². The molecule has 154 valence electrons. The van der Waals surface area contributed by atoms with Crippen LogP contribution in [0.5, 0.6) is 0 Å². The van der Waals surface area contributed by atoms with E-state index < -0.39 is 6.04 Å². The lowest BCUT2D eigenvalue weighted by molar-refractivity contribution is -0.136. The summed E-state index contributed by atoms with van der Waals surface area (Å²) in [4.78, 5) is 40.6. The maximum Gasteiger partial charge on any atom is 0.255 e. The van der Waals surface area contributed by atoms with E-state index in [-0.39, 0.29) is 24.1 Å². The average molecular weight is 396 g/mol. The molecule has 1 aromatic carbocycles. The van der Waals surface area contributed by atoms with Gasteiger partial charge in [0.2, 0.25) is 11.8 Å². The number of likely N-dealkylation sites (tertiary alicyclic amines) is 1. The summed E-state index contributed by atoms with van der Waals surface area (Å²) in [5.74, 6) is 0.906. The van der Waals surface area contributed by atoms with Crippen LogP contribution < -0.4 is 10.6 Å². The van der Waals surface area contributed by atoms with E-state index in [2.05, 4.69) is 27.7 Å². The molecule has 7 nitrogen and oxygen atoms in total. The molecule has 0 bridgehead atoms. The fourth-order valence-electron chi connectivity index (χ4n) is 5.45. The monoisotopic (exact) mass is 396 g/mol. The molecule has 2 N–H and O–H groups in total. The topological polar surface area (TPSA) is 81.8 Å². The summed E-state index contributed by atoms with van der Waals surface area (Å²) in [5.41, 5.74) is 2.92. The number of hydrogen-bond donors (Lipinski definition) is 2. The highest BCUT2D eigenvalue weighted by molar-refractivity contribution is 6.05. The second kappa shape index (κ2) is 7.54. The number of benzene rings is 1. The molecule has 7 heteroatoms. The van der Waals surface area contributed by atoms with E-state index in [4.69, 9.17) is 0 Å². The number of hydrogen-bond acceptors (Lipinski definition) is 5. The number of rotatable bonds is 3. The maximum atomic E-state index is 12.8. The summed E-state index contributed by atoms with van der Waals surface area (Å²) >= 11 is 0. The summed E-state index contributed by atoms with van der Waals surface area (Å²) < 4.78 is 0. The van der Waals surface area contributed by atoms with Crippen molar-refractivity contribution >= 4 is 17.7 Å². The normalized spacial score (nSPS) is 30.1. The van der Waals surface area contributed by atoms with Crippen molar-refractivity contribution in [3.8, 4) is 0 Å². The molecule has 0 aliphatic carbocycles. The molecule has 0 saturated carbocycles. The molecule has 4 heterocycles. The van der Waals surface area contributed by atoms with Gasteiger partial charge in [0.15, 0.2) is 0 Å². The highest BCUT2D eigenvalue weighted by atomic mass is 16.2. The van der Waals surface area contributed by atoms with Gasteiger partial charge in [0.1, 0.15) is 6.04 Å². The van der Waals surface area contributed by atoms with Crippen molar-refractivity contribution in [2.24, 2.45) is 11.8 Å². The van der Waals surface area contributed by atoms with E-state index in [9.17, 15) is 14.4 Å². The third-order valence-electron chi connectivity index (χ3n) is 7.07. The summed E-state index contributed by atoms with van der Waals surface area (Å²) in [5, 5.41) is 5.87. The first kappa shape index (κ1) is 18.8. The van der Waals surface area contributed by atoms with Gasteiger partial charge in [-0.05, 0) is 67.9 Å². The van der Waals surface area contributed by atoms with Crippen LogP contribution in [0, 0.1) is 11.8 Å². The van der Waals surface area contributed by atoms with E-state index in [1.165, 1.54) is 18.4 Å². The van der Waals surface area contributed by atoms with Crippen molar-refractivity contribution in [1.82, 2.24) is 20.4 Å². The molecular weight excluding hydrogens is 368 g/mol. The Morgan fingerprint density at radius 3 is 2.83 bits per heavy atom. The Kier molecular flexibility index (Phi) is 4.87. The van der Waals surface area contributed by atoms with Crippen LogP contribution >= 0.6 is 0 Å². The van der Waals surface area contributed by atoms with Crippen molar-refractivity contribution < 1.29 is 14.4 Å². The Hall–Kier alpha value is -2.25.